The fraction of sp³-hybridized carbons (Fsp3) is 0.205. The van der Waals surface area contributed by atoms with Gasteiger partial charge in [0.25, 0.3) is 0 Å². The Hall–Kier alpha value is -8.46. The quantitative estimate of drug-likeness (QED) is 0.0952. The van der Waals surface area contributed by atoms with E-state index in [2.05, 4.69) is 259 Å². The van der Waals surface area contributed by atoms with Gasteiger partial charge < -0.3 is 9.80 Å². The fourth-order valence-corrected chi connectivity index (χ4v) is 13.6. The van der Waals surface area contributed by atoms with E-state index in [1.807, 2.05) is 0 Å². The van der Waals surface area contributed by atoms with E-state index < -0.39 is 0 Å². The zero-order valence-electron chi connectivity index (χ0n) is 48.0. The summed E-state index contributed by atoms with van der Waals surface area (Å²) >= 11 is 0. The molecule has 0 aliphatic heterocycles. The zero-order valence-corrected chi connectivity index (χ0v) is 48.0. The zero-order chi connectivity index (χ0) is 54.8. The van der Waals surface area contributed by atoms with Gasteiger partial charge in [-0.1, -0.05) is 189 Å². The van der Waals surface area contributed by atoms with Crippen LogP contribution in [0.5, 0.6) is 0 Å². The molecule has 0 saturated carbocycles. The number of benzene rings is 11. The fourth-order valence-electron chi connectivity index (χ4n) is 13.6. The molecule has 0 aliphatic carbocycles. The molecule has 0 heterocycles. The van der Waals surface area contributed by atoms with Crippen LogP contribution in [0, 0.1) is 0 Å². The molecule has 0 aliphatic rings. The largest absolute Gasteiger partial charge is 0.310 e. The maximum Gasteiger partial charge on any atom is 0.0540 e. The van der Waals surface area contributed by atoms with Crippen LogP contribution in [0.15, 0.2) is 194 Å². The molecule has 394 valence electrons. The third-order valence-corrected chi connectivity index (χ3v) is 17.7. The van der Waals surface area contributed by atoms with Crippen molar-refractivity contribution in [2.75, 3.05) is 9.80 Å². The van der Waals surface area contributed by atoms with E-state index in [0.717, 1.165) is 51.4 Å². The lowest BCUT2D eigenvalue weighted by atomic mass is 9.87. The Balaban J connectivity index is 1.18. The monoisotopic (exact) mass is 1040 g/mol. The Morgan fingerprint density at radius 3 is 0.738 bits per heavy atom. The normalized spacial score (nSPS) is 11.9. The summed E-state index contributed by atoms with van der Waals surface area (Å²) in [5.74, 6) is 0. The van der Waals surface area contributed by atoms with Crippen molar-refractivity contribution in [3.63, 3.8) is 0 Å². The minimum absolute atomic E-state index is 0.980. The van der Waals surface area contributed by atoms with E-state index in [1.165, 1.54) is 166 Å². The maximum absolute atomic E-state index is 2.58. The first kappa shape index (κ1) is 51.0. The molecule has 0 spiro atoms. The molecular formula is C78H72N2. The molecule has 0 bridgehead atoms. The summed E-state index contributed by atoms with van der Waals surface area (Å²) in [6, 6.07) is 75.8. The second-order valence-corrected chi connectivity index (χ2v) is 22.2. The molecular weight excluding hydrogens is 965 g/mol. The minimum atomic E-state index is 0.980. The third-order valence-electron chi connectivity index (χ3n) is 17.7. The van der Waals surface area contributed by atoms with Crippen LogP contribution in [0.3, 0.4) is 0 Å². The molecule has 0 aromatic heterocycles. The summed E-state index contributed by atoms with van der Waals surface area (Å²) in [6.45, 7) is 18.3. The lowest BCUT2D eigenvalue weighted by molar-refractivity contribution is 1.07. The van der Waals surface area contributed by atoms with E-state index >= 15 is 0 Å². The van der Waals surface area contributed by atoms with E-state index in [0.29, 0.717) is 0 Å². The molecule has 0 fully saturated rings. The minimum Gasteiger partial charge on any atom is -0.310 e. The van der Waals surface area contributed by atoms with E-state index in [1.54, 1.807) is 0 Å². The van der Waals surface area contributed by atoms with Crippen molar-refractivity contribution in [3.8, 4) is 22.3 Å². The average Bonchev–Trinajstić information content (AvgIpc) is 3.64. The highest BCUT2D eigenvalue weighted by Crippen LogP contribution is 2.58. The number of aryl methyl sites for hydroxylation is 8. The van der Waals surface area contributed by atoms with Gasteiger partial charge in [-0.05, 0) is 233 Å². The van der Waals surface area contributed by atoms with Crippen LogP contribution >= 0.6 is 0 Å². The third kappa shape index (κ3) is 8.37. The van der Waals surface area contributed by atoms with Crippen LogP contribution in [0.2, 0.25) is 0 Å². The second-order valence-electron chi connectivity index (χ2n) is 22.2. The van der Waals surface area contributed by atoms with Gasteiger partial charge in [-0.25, -0.2) is 0 Å². The molecule has 2 nitrogen and oxygen atoms in total. The molecule has 0 unspecified atom stereocenters. The molecule has 0 saturated heterocycles. The van der Waals surface area contributed by atoms with E-state index in [-0.39, 0.29) is 0 Å². The maximum atomic E-state index is 2.58. The number of anilines is 6. The Morgan fingerprint density at radius 1 is 0.225 bits per heavy atom. The van der Waals surface area contributed by atoms with Gasteiger partial charge in [0.2, 0.25) is 0 Å². The second kappa shape index (κ2) is 21.0. The van der Waals surface area contributed by atoms with Crippen LogP contribution in [0.25, 0.3) is 86.9 Å². The molecule has 80 heavy (non-hydrogen) atoms. The van der Waals surface area contributed by atoms with Gasteiger partial charge in [-0.2, -0.15) is 0 Å². The molecule has 0 N–H and O–H groups in total. The first-order valence-corrected chi connectivity index (χ1v) is 29.9. The first-order valence-electron chi connectivity index (χ1n) is 29.9. The van der Waals surface area contributed by atoms with Gasteiger partial charge in [0.15, 0.2) is 0 Å². The average molecular weight is 1040 g/mol. The van der Waals surface area contributed by atoms with Crippen molar-refractivity contribution in [1.82, 2.24) is 0 Å². The van der Waals surface area contributed by atoms with Crippen molar-refractivity contribution in [3.05, 3.63) is 239 Å². The lowest BCUT2D eigenvalue weighted by Gasteiger charge is -2.29. The van der Waals surface area contributed by atoms with E-state index in [9.17, 15) is 0 Å². The topological polar surface area (TPSA) is 6.48 Å². The van der Waals surface area contributed by atoms with Crippen LogP contribution in [-0.2, 0) is 51.4 Å². The molecule has 13 rings (SSSR count). The number of rotatable bonds is 16. The Bertz CT molecular complexity index is 3910. The molecule has 0 atom stereocenters. The standard InChI is InChI=1S/C78H72N2/c1-9-49-37-50(10-2)42-59(41-49)79(60-43-51(11-3)38-52(12-4)44-60)69-35-33-67-73-63(69)29-23-31-65(73)75-71(57-25-19-17-20-26-57)76-66-32-24-30-64-70(36-34-68(74(64)66)78(76)72(77(67)75)58-27-21-18-22-28-58)80(61-45-53(13-5)39-54(14-6)46-61)62-47-55(15-7)40-56(16-8)48-62/h17-48H,9-16H2,1-8H3. The summed E-state index contributed by atoms with van der Waals surface area (Å²) in [5.41, 5.74) is 23.3. The summed E-state index contributed by atoms with van der Waals surface area (Å²) in [6.07, 6.45) is 7.84. The Labute approximate surface area is 473 Å². The molecule has 13 aromatic carbocycles. The summed E-state index contributed by atoms with van der Waals surface area (Å²) in [5, 5.41) is 15.6. The summed E-state index contributed by atoms with van der Waals surface area (Å²) in [4.78, 5) is 5.17. The van der Waals surface area contributed by atoms with Crippen molar-refractivity contribution in [1.29, 1.82) is 0 Å². The van der Waals surface area contributed by atoms with Gasteiger partial charge in [0.1, 0.15) is 0 Å². The van der Waals surface area contributed by atoms with E-state index in [4.69, 9.17) is 0 Å². The van der Waals surface area contributed by atoms with Crippen molar-refractivity contribution >= 4 is 98.8 Å². The van der Waals surface area contributed by atoms with Gasteiger partial charge in [-0.15, -0.1) is 0 Å². The van der Waals surface area contributed by atoms with Crippen molar-refractivity contribution in [2.45, 2.75) is 107 Å². The highest BCUT2D eigenvalue weighted by atomic mass is 15.1. The molecule has 0 amide bonds. The summed E-state index contributed by atoms with van der Waals surface area (Å²) < 4.78 is 0. The van der Waals surface area contributed by atoms with Gasteiger partial charge in [-0.3, -0.25) is 0 Å². The predicted molar refractivity (Wildman–Crippen MR) is 349 cm³/mol. The Kier molecular flexibility index (Phi) is 13.4. The highest BCUT2D eigenvalue weighted by Gasteiger charge is 2.30. The van der Waals surface area contributed by atoms with Gasteiger partial charge in [0.05, 0.1) is 11.4 Å². The molecule has 2 heteroatoms. The van der Waals surface area contributed by atoms with Crippen molar-refractivity contribution < 1.29 is 0 Å². The van der Waals surface area contributed by atoms with Crippen molar-refractivity contribution in [2.24, 2.45) is 0 Å². The number of nitrogens with zero attached hydrogens (tertiary/aromatic N) is 2. The summed E-state index contributed by atoms with van der Waals surface area (Å²) in [7, 11) is 0. The predicted octanol–water partition coefficient (Wildman–Crippen LogP) is 22.3. The first-order chi connectivity index (χ1) is 39.3. The Morgan fingerprint density at radius 2 is 0.475 bits per heavy atom. The van der Waals surface area contributed by atoms with Gasteiger partial charge in [0, 0.05) is 33.5 Å². The lowest BCUT2D eigenvalue weighted by Crippen LogP contribution is -2.12. The van der Waals surface area contributed by atoms with Crippen LogP contribution < -0.4 is 9.80 Å². The van der Waals surface area contributed by atoms with Crippen LogP contribution in [-0.4, -0.2) is 0 Å². The molecule has 13 aromatic rings. The SMILES string of the molecule is CCc1cc(CC)cc(N(c2cc(CC)cc(CC)c2)c2ccc3c4c(-c5ccccc5)c5c6ccc(N(c7cc(CC)cc(CC)c7)c7cc(CC)cc(CC)c7)c7cccc(c5c(-c5ccccc5)c4c4cccc2c43)c76)c1. The van der Waals surface area contributed by atoms with Crippen LogP contribution in [0.4, 0.5) is 34.1 Å². The number of hydrogen-bond acceptors (Lipinski definition) is 2. The molecule has 0 radical (unpaired) electrons. The highest BCUT2D eigenvalue weighted by molar-refractivity contribution is 6.47. The number of fused-ring (bicyclic) bond motifs is 6. The number of hydrogen-bond donors (Lipinski definition) is 0. The van der Waals surface area contributed by atoms with Crippen LogP contribution in [0.1, 0.15) is 99.9 Å². The van der Waals surface area contributed by atoms with Gasteiger partial charge >= 0.3 is 0 Å². The smallest absolute Gasteiger partial charge is 0.0540 e.